The average molecular weight is 406 g/mol. The fourth-order valence-corrected chi connectivity index (χ4v) is 2.39. The number of anilines is 1. The summed E-state index contributed by atoms with van der Waals surface area (Å²) in [5.74, 6) is -0.206. The van der Waals surface area contributed by atoms with Crippen LogP contribution < -0.4 is 5.32 Å². The van der Waals surface area contributed by atoms with Crippen LogP contribution in [0.4, 0.5) is 5.69 Å². The SMILES string of the molecule is Cc1ccc(C(=O)Nc2cccc(Cl)c2Cl)cc1I. The Balaban J connectivity index is 2.26. The van der Waals surface area contributed by atoms with Crippen LogP contribution in [0.3, 0.4) is 0 Å². The number of carbonyl (C=O) groups is 1. The molecular formula is C14H10Cl2INO. The summed E-state index contributed by atoms with van der Waals surface area (Å²) >= 11 is 14.1. The highest BCUT2D eigenvalue weighted by Gasteiger charge is 2.11. The Morgan fingerprint density at radius 2 is 1.95 bits per heavy atom. The standard InChI is InChI=1S/C14H10Cl2INO/c1-8-5-6-9(7-11(8)17)14(19)18-12-4-2-3-10(15)13(12)16/h2-7H,1H3,(H,18,19). The number of halogens is 3. The van der Waals surface area contributed by atoms with Gasteiger partial charge >= 0.3 is 0 Å². The minimum absolute atomic E-state index is 0.206. The summed E-state index contributed by atoms with van der Waals surface area (Å²) in [6.45, 7) is 2.00. The van der Waals surface area contributed by atoms with Crippen molar-refractivity contribution < 1.29 is 4.79 Å². The van der Waals surface area contributed by atoms with Crippen molar-refractivity contribution >= 4 is 57.4 Å². The van der Waals surface area contributed by atoms with Crippen LogP contribution in [0.25, 0.3) is 0 Å². The Labute approximate surface area is 135 Å². The maximum Gasteiger partial charge on any atom is 0.255 e. The molecule has 2 aromatic rings. The molecule has 0 fully saturated rings. The number of rotatable bonds is 2. The Morgan fingerprint density at radius 1 is 1.21 bits per heavy atom. The summed E-state index contributed by atoms with van der Waals surface area (Å²) < 4.78 is 1.04. The minimum Gasteiger partial charge on any atom is -0.321 e. The van der Waals surface area contributed by atoms with Crippen LogP contribution >= 0.6 is 45.8 Å². The summed E-state index contributed by atoms with van der Waals surface area (Å²) in [7, 11) is 0. The molecule has 1 N–H and O–H groups in total. The Morgan fingerprint density at radius 3 is 2.63 bits per heavy atom. The lowest BCUT2D eigenvalue weighted by molar-refractivity contribution is 0.102. The summed E-state index contributed by atoms with van der Waals surface area (Å²) in [5, 5.41) is 3.52. The predicted octanol–water partition coefficient (Wildman–Crippen LogP) is 5.16. The molecule has 0 bridgehead atoms. The zero-order chi connectivity index (χ0) is 14.0. The Kier molecular flexibility index (Phi) is 4.71. The first-order valence-corrected chi connectivity index (χ1v) is 7.34. The number of benzene rings is 2. The van der Waals surface area contributed by atoms with Gasteiger partial charge in [-0.1, -0.05) is 35.3 Å². The van der Waals surface area contributed by atoms with Gasteiger partial charge in [0.05, 0.1) is 15.7 Å². The average Bonchev–Trinajstić information content (AvgIpc) is 2.38. The molecule has 0 aliphatic carbocycles. The minimum atomic E-state index is -0.206. The molecule has 0 aromatic heterocycles. The van der Waals surface area contributed by atoms with Gasteiger partial charge in [-0.15, -0.1) is 0 Å². The molecule has 0 atom stereocenters. The van der Waals surface area contributed by atoms with Gasteiger partial charge in [-0.2, -0.15) is 0 Å². The van der Waals surface area contributed by atoms with E-state index in [-0.39, 0.29) is 5.91 Å². The molecule has 0 heterocycles. The van der Waals surface area contributed by atoms with Crippen LogP contribution in [0.15, 0.2) is 36.4 Å². The van der Waals surface area contributed by atoms with Crippen molar-refractivity contribution in [3.05, 3.63) is 61.1 Å². The van der Waals surface area contributed by atoms with Crippen molar-refractivity contribution in [2.45, 2.75) is 6.92 Å². The second-order valence-electron chi connectivity index (χ2n) is 4.02. The molecule has 2 aromatic carbocycles. The molecule has 1 amide bonds. The molecule has 2 nitrogen and oxygen atoms in total. The maximum absolute atomic E-state index is 12.1. The molecule has 0 aliphatic rings. The third kappa shape index (κ3) is 3.41. The molecule has 98 valence electrons. The van der Waals surface area contributed by atoms with Crippen molar-refractivity contribution in [1.29, 1.82) is 0 Å². The van der Waals surface area contributed by atoms with Gasteiger partial charge in [0.1, 0.15) is 0 Å². The molecule has 0 saturated carbocycles. The van der Waals surface area contributed by atoms with Crippen LogP contribution in [0.1, 0.15) is 15.9 Å². The largest absolute Gasteiger partial charge is 0.321 e. The second kappa shape index (κ2) is 6.11. The van der Waals surface area contributed by atoms with Gasteiger partial charge in [-0.3, -0.25) is 4.79 Å². The molecule has 2 rings (SSSR count). The van der Waals surface area contributed by atoms with E-state index in [1.54, 1.807) is 24.3 Å². The van der Waals surface area contributed by atoms with Crippen molar-refractivity contribution in [2.75, 3.05) is 5.32 Å². The van der Waals surface area contributed by atoms with Crippen molar-refractivity contribution in [2.24, 2.45) is 0 Å². The molecule has 5 heteroatoms. The smallest absolute Gasteiger partial charge is 0.255 e. The summed E-state index contributed by atoms with van der Waals surface area (Å²) in [4.78, 5) is 12.1. The van der Waals surface area contributed by atoms with Crippen LogP contribution in [-0.2, 0) is 0 Å². The lowest BCUT2D eigenvalue weighted by atomic mass is 10.1. The predicted molar refractivity (Wildman–Crippen MR) is 88.3 cm³/mol. The van der Waals surface area contributed by atoms with E-state index in [0.717, 1.165) is 9.13 Å². The number of carbonyl (C=O) groups excluding carboxylic acids is 1. The summed E-state index contributed by atoms with van der Waals surface area (Å²) in [6.07, 6.45) is 0. The van der Waals surface area contributed by atoms with E-state index < -0.39 is 0 Å². The third-order valence-corrected chi connectivity index (χ3v) is 4.61. The highest BCUT2D eigenvalue weighted by Crippen LogP contribution is 2.29. The van der Waals surface area contributed by atoms with Gasteiger partial charge in [-0.25, -0.2) is 0 Å². The molecule has 19 heavy (non-hydrogen) atoms. The highest BCUT2D eigenvalue weighted by molar-refractivity contribution is 14.1. The topological polar surface area (TPSA) is 29.1 Å². The van der Waals surface area contributed by atoms with Crippen molar-refractivity contribution in [3.63, 3.8) is 0 Å². The molecule has 0 aliphatic heterocycles. The van der Waals surface area contributed by atoms with Gasteiger partial charge < -0.3 is 5.32 Å². The van der Waals surface area contributed by atoms with Gasteiger partial charge in [0.2, 0.25) is 0 Å². The van der Waals surface area contributed by atoms with Crippen LogP contribution in [0, 0.1) is 10.5 Å². The fraction of sp³-hybridized carbons (Fsp3) is 0.0714. The number of hydrogen-bond acceptors (Lipinski definition) is 1. The normalized spacial score (nSPS) is 10.3. The van der Waals surface area contributed by atoms with Crippen LogP contribution in [-0.4, -0.2) is 5.91 Å². The van der Waals surface area contributed by atoms with Crippen LogP contribution in [0.2, 0.25) is 10.0 Å². The van der Waals surface area contributed by atoms with Crippen LogP contribution in [0.5, 0.6) is 0 Å². The van der Waals surface area contributed by atoms with Crippen molar-refractivity contribution in [3.8, 4) is 0 Å². The first kappa shape index (κ1) is 14.6. The monoisotopic (exact) mass is 405 g/mol. The molecule has 0 radical (unpaired) electrons. The fourth-order valence-electron chi connectivity index (χ4n) is 1.53. The number of amides is 1. The summed E-state index contributed by atoms with van der Waals surface area (Å²) in [5.41, 5.74) is 2.23. The maximum atomic E-state index is 12.1. The third-order valence-electron chi connectivity index (χ3n) is 2.63. The van der Waals surface area contributed by atoms with E-state index in [0.29, 0.717) is 21.3 Å². The molecule has 0 unspecified atom stereocenters. The first-order chi connectivity index (χ1) is 8.99. The quantitative estimate of drug-likeness (QED) is 0.687. The zero-order valence-corrected chi connectivity index (χ0v) is 13.7. The first-order valence-electron chi connectivity index (χ1n) is 5.50. The highest BCUT2D eigenvalue weighted by atomic mass is 127. The van der Waals surface area contributed by atoms with E-state index in [9.17, 15) is 4.79 Å². The second-order valence-corrected chi connectivity index (χ2v) is 5.97. The molecule has 0 spiro atoms. The van der Waals surface area contributed by atoms with Gasteiger partial charge in [-0.05, 0) is 59.3 Å². The Hall–Kier alpha value is -0.780. The van der Waals surface area contributed by atoms with E-state index in [1.807, 2.05) is 19.1 Å². The number of hydrogen-bond donors (Lipinski definition) is 1. The zero-order valence-electron chi connectivity index (χ0n) is 10.0. The molecular weight excluding hydrogens is 396 g/mol. The van der Waals surface area contributed by atoms with Gasteiger partial charge in [0, 0.05) is 9.13 Å². The van der Waals surface area contributed by atoms with E-state index in [4.69, 9.17) is 23.2 Å². The van der Waals surface area contributed by atoms with E-state index in [2.05, 4.69) is 27.9 Å². The van der Waals surface area contributed by atoms with Gasteiger partial charge in [0.15, 0.2) is 0 Å². The number of aryl methyl sites for hydroxylation is 1. The van der Waals surface area contributed by atoms with Crippen molar-refractivity contribution in [1.82, 2.24) is 0 Å². The molecule has 0 saturated heterocycles. The lowest BCUT2D eigenvalue weighted by Gasteiger charge is -2.09. The van der Waals surface area contributed by atoms with E-state index >= 15 is 0 Å². The summed E-state index contributed by atoms with van der Waals surface area (Å²) in [6, 6.07) is 10.7. The van der Waals surface area contributed by atoms with Gasteiger partial charge in [0.25, 0.3) is 5.91 Å². The Bertz CT molecular complexity index is 643. The van der Waals surface area contributed by atoms with E-state index in [1.165, 1.54) is 0 Å². The lowest BCUT2D eigenvalue weighted by Crippen LogP contribution is -2.12. The number of nitrogens with one attached hydrogen (secondary N) is 1.